The molecular formula is C17H19ClN2O3S. The molecule has 2 heterocycles. The van der Waals surface area contributed by atoms with Crippen molar-refractivity contribution in [1.82, 2.24) is 4.98 Å². The number of fused-ring (bicyclic) bond motifs is 1. The molecule has 1 aliphatic heterocycles. The minimum atomic E-state index is -0.265. The van der Waals surface area contributed by atoms with Crippen molar-refractivity contribution in [3.63, 3.8) is 0 Å². The fourth-order valence-corrected chi connectivity index (χ4v) is 3.76. The van der Waals surface area contributed by atoms with E-state index >= 15 is 0 Å². The maximum atomic E-state index is 11.5. The summed E-state index contributed by atoms with van der Waals surface area (Å²) in [6, 6.07) is 4.01. The summed E-state index contributed by atoms with van der Waals surface area (Å²) >= 11 is 6.96. The van der Waals surface area contributed by atoms with E-state index in [0.29, 0.717) is 10.9 Å². The van der Waals surface area contributed by atoms with E-state index in [0.717, 1.165) is 33.9 Å². The zero-order valence-corrected chi connectivity index (χ0v) is 15.6. The van der Waals surface area contributed by atoms with Crippen molar-refractivity contribution in [3.8, 4) is 22.8 Å². The van der Waals surface area contributed by atoms with E-state index in [2.05, 4.69) is 30.2 Å². The quantitative estimate of drug-likeness (QED) is 0.830. The fraction of sp³-hybridized carbons (Fsp3) is 0.412. The minimum absolute atomic E-state index is 0.0902. The Balaban J connectivity index is 2.01. The number of anilines is 1. The van der Waals surface area contributed by atoms with Crippen LogP contribution in [-0.2, 0) is 11.2 Å². The van der Waals surface area contributed by atoms with Gasteiger partial charge in [0.05, 0.1) is 12.8 Å². The lowest BCUT2D eigenvalue weighted by atomic mass is 9.99. The standard InChI is InChI=1S/C17H19ClN2O3S/c1-9-14(20-16(24-9)19-13(21)8-18)10-5-11-7-17(2,3)23-15(11)12(6-10)22-4/h5-6H,7-8H2,1-4H3,(H,19,20,21). The van der Waals surface area contributed by atoms with Crippen LogP contribution in [0, 0.1) is 6.92 Å². The van der Waals surface area contributed by atoms with Gasteiger partial charge in [0, 0.05) is 22.4 Å². The van der Waals surface area contributed by atoms with Crippen molar-refractivity contribution in [2.24, 2.45) is 0 Å². The van der Waals surface area contributed by atoms with Gasteiger partial charge < -0.3 is 14.8 Å². The van der Waals surface area contributed by atoms with Crippen molar-refractivity contribution in [1.29, 1.82) is 0 Å². The van der Waals surface area contributed by atoms with Gasteiger partial charge in [-0.25, -0.2) is 4.98 Å². The molecule has 2 aromatic rings. The third-order valence-electron chi connectivity index (χ3n) is 3.78. The highest BCUT2D eigenvalue weighted by molar-refractivity contribution is 7.16. The molecule has 1 aliphatic rings. The van der Waals surface area contributed by atoms with Gasteiger partial charge in [0.2, 0.25) is 5.91 Å². The first kappa shape index (κ1) is 17.0. The largest absolute Gasteiger partial charge is 0.493 e. The molecule has 0 atom stereocenters. The number of alkyl halides is 1. The lowest BCUT2D eigenvalue weighted by Gasteiger charge is -2.17. The van der Waals surface area contributed by atoms with Gasteiger partial charge in [0.15, 0.2) is 16.6 Å². The number of nitrogens with one attached hydrogen (secondary N) is 1. The van der Waals surface area contributed by atoms with Crippen molar-refractivity contribution >= 4 is 34.0 Å². The monoisotopic (exact) mass is 366 g/mol. The molecule has 1 aromatic carbocycles. The summed E-state index contributed by atoms with van der Waals surface area (Å²) in [5.41, 5.74) is 2.64. The number of rotatable bonds is 4. The molecule has 24 heavy (non-hydrogen) atoms. The molecule has 1 amide bonds. The second-order valence-corrected chi connectivity index (χ2v) is 7.78. The zero-order chi connectivity index (χ0) is 17.5. The Labute approximate surface area is 150 Å². The fourth-order valence-electron chi connectivity index (χ4n) is 2.84. The molecule has 0 aliphatic carbocycles. The van der Waals surface area contributed by atoms with Crippen LogP contribution in [0.4, 0.5) is 5.13 Å². The van der Waals surface area contributed by atoms with Crippen molar-refractivity contribution < 1.29 is 14.3 Å². The Bertz CT molecular complexity index is 801. The molecule has 128 valence electrons. The summed E-state index contributed by atoms with van der Waals surface area (Å²) in [5.74, 6) is 1.15. The van der Waals surface area contributed by atoms with Crippen LogP contribution in [0.2, 0.25) is 0 Å². The van der Waals surface area contributed by atoms with E-state index in [1.54, 1.807) is 7.11 Å². The van der Waals surface area contributed by atoms with Gasteiger partial charge in [-0.3, -0.25) is 4.79 Å². The van der Waals surface area contributed by atoms with Crippen LogP contribution in [0.3, 0.4) is 0 Å². The number of carbonyl (C=O) groups is 1. The molecule has 0 bridgehead atoms. The van der Waals surface area contributed by atoms with E-state index in [9.17, 15) is 4.79 Å². The summed E-state index contributed by atoms with van der Waals surface area (Å²) in [6.07, 6.45) is 0.811. The van der Waals surface area contributed by atoms with Gasteiger partial charge in [-0.1, -0.05) is 0 Å². The molecule has 3 rings (SSSR count). The number of aryl methyl sites for hydroxylation is 1. The number of amides is 1. The van der Waals surface area contributed by atoms with Crippen molar-refractivity contribution in [3.05, 3.63) is 22.6 Å². The number of hydrogen-bond donors (Lipinski definition) is 1. The van der Waals surface area contributed by atoms with Crippen molar-refractivity contribution in [2.75, 3.05) is 18.3 Å². The maximum absolute atomic E-state index is 11.5. The number of aromatic nitrogens is 1. The molecule has 0 saturated heterocycles. The number of benzene rings is 1. The Hall–Kier alpha value is -1.79. The third-order valence-corrected chi connectivity index (χ3v) is 4.91. The molecule has 0 fully saturated rings. The van der Waals surface area contributed by atoms with Gasteiger partial charge in [0.25, 0.3) is 0 Å². The van der Waals surface area contributed by atoms with E-state index in [4.69, 9.17) is 21.1 Å². The van der Waals surface area contributed by atoms with Crippen LogP contribution >= 0.6 is 22.9 Å². The summed E-state index contributed by atoms with van der Waals surface area (Å²) in [4.78, 5) is 17.0. The second-order valence-electron chi connectivity index (χ2n) is 6.31. The first-order valence-electron chi connectivity index (χ1n) is 7.56. The SMILES string of the molecule is COc1cc(-c2nc(NC(=O)CCl)sc2C)cc2c1OC(C)(C)C2. The molecule has 0 unspecified atom stereocenters. The Morgan fingerprint density at radius 2 is 2.25 bits per heavy atom. The van der Waals surface area contributed by atoms with Gasteiger partial charge >= 0.3 is 0 Å². The lowest BCUT2D eigenvalue weighted by Crippen LogP contribution is -2.24. The van der Waals surface area contributed by atoms with Crippen LogP contribution in [-0.4, -0.2) is 29.5 Å². The third kappa shape index (κ3) is 3.21. The number of hydrogen-bond acceptors (Lipinski definition) is 5. The minimum Gasteiger partial charge on any atom is -0.493 e. The number of methoxy groups -OCH3 is 1. The number of thiazole rings is 1. The maximum Gasteiger partial charge on any atom is 0.241 e. The number of ether oxygens (including phenoxy) is 2. The first-order chi connectivity index (χ1) is 11.3. The van der Waals surface area contributed by atoms with Gasteiger partial charge in [-0.2, -0.15) is 0 Å². The van der Waals surface area contributed by atoms with Gasteiger partial charge in [0.1, 0.15) is 11.5 Å². The van der Waals surface area contributed by atoms with Crippen LogP contribution in [0.25, 0.3) is 11.3 Å². The summed E-state index contributed by atoms with van der Waals surface area (Å²) in [7, 11) is 1.63. The van der Waals surface area contributed by atoms with Gasteiger partial charge in [-0.05, 0) is 32.9 Å². The Morgan fingerprint density at radius 1 is 1.50 bits per heavy atom. The van der Waals surface area contributed by atoms with E-state index < -0.39 is 0 Å². The van der Waals surface area contributed by atoms with Crippen molar-refractivity contribution in [2.45, 2.75) is 32.8 Å². The van der Waals surface area contributed by atoms with Crippen LogP contribution in [0.5, 0.6) is 11.5 Å². The molecule has 1 aromatic heterocycles. The Kier molecular flexibility index (Phi) is 4.44. The lowest BCUT2D eigenvalue weighted by molar-refractivity contribution is -0.113. The van der Waals surface area contributed by atoms with E-state index in [1.165, 1.54) is 11.3 Å². The smallest absolute Gasteiger partial charge is 0.241 e. The Morgan fingerprint density at radius 3 is 2.92 bits per heavy atom. The highest BCUT2D eigenvalue weighted by Crippen LogP contribution is 2.45. The summed E-state index contributed by atoms with van der Waals surface area (Å²) < 4.78 is 11.5. The predicted octanol–water partition coefficient (Wildman–Crippen LogP) is 4.02. The molecule has 7 heteroatoms. The highest BCUT2D eigenvalue weighted by atomic mass is 35.5. The first-order valence-corrected chi connectivity index (χ1v) is 8.91. The van der Waals surface area contributed by atoms with E-state index in [1.807, 2.05) is 13.0 Å². The summed E-state index contributed by atoms with van der Waals surface area (Å²) in [6.45, 7) is 6.09. The number of nitrogens with zero attached hydrogens (tertiary/aromatic N) is 1. The van der Waals surface area contributed by atoms with Crippen LogP contribution < -0.4 is 14.8 Å². The normalized spacial score (nSPS) is 14.9. The summed E-state index contributed by atoms with van der Waals surface area (Å²) in [5, 5.41) is 3.24. The van der Waals surface area contributed by atoms with E-state index in [-0.39, 0.29) is 17.4 Å². The topological polar surface area (TPSA) is 60.5 Å². The molecule has 1 N–H and O–H groups in total. The van der Waals surface area contributed by atoms with Gasteiger partial charge in [-0.15, -0.1) is 22.9 Å². The van der Waals surface area contributed by atoms with Crippen LogP contribution in [0.1, 0.15) is 24.3 Å². The average Bonchev–Trinajstić information content (AvgIpc) is 3.03. The highest BCUT2D eigenvalue weighted by Gasteiger charge is 2.33. The average molecular weight is 367 g/mol. The molecule has 0 spiro atoms. The predicted molar refractivity (Wildman–Crippen MR) is 96.6 cm³/mol. The second kappa shape index (κ2) is 6.26. The zero-order valence-electron chi connectivity index (χ0n) is 14.0. The molecule has 0 saturated carbocycles. The molecular weight excluding hydrogens is 348 g/mol. The van der Waals surface area contributed by atoms with Crippen LogP contribution in [0.15, 0.2) is 12.1 Å². The number of halogens is 1. The number of carbonyl (C=O) groups excluding carboxylic acids is 1. The molecule has 0 radical (unpaired) electrons. The molecule has 5 nitrogen and oxygen atoms in total.